The molecule has 2 aromatic heterocycles. The van der Waals surface area contributed by atoms with Crippen LogP contribution in [0.15, 0.2) is 18.5 Å². The van der Waals surface area contributed by atoms with Crippen LogP contribution in [0.5, 0.6) is 0 Å². The van der Waals surface area contributed by atoms with Gasteiger partial charge >= 0.3 is 11.9 Å². The largest absolute Gasteiger partial charge is 0.476 e. The van der Waals surface area contributed by atoms with E-state index in [1.165, 1.54) is 0 Å². The van der Waals surface area contributed by atoms with Gasteiger partial charge in [-0.3, -0.25) is 4.79 Å². The van der Waals surface area contributed by atoms with Crippen LogP contribution >= 0.6 is 0 Å². The number of hydrogen-bond donors (Lipinski definition) is 1. The second-order valence-electron chi connectivity index (χ2n) is 5.30. The maximum Gasteiger partial charge on any atom is 0.356 e. The van der Waals surface area contributed by atoms with Gasteiger partial charge in [-0.05, 0) is 26.8 Å². The van der Waals surface area contributed by atoms with Crippen LogP contribution < -0.4 is 0 Å². The fraction of sp³-hybridized carbons (Fsp3) is 0.385. The lowest BCUT2D eigenvalue weighted by molar-refractivity contribution is -0.155. The molecule has 0 aliphatic heterocycles. The van der Waals surface area contributed by atoms with E-state index in [0.29, 0.717) is 11.2 Å². The Kier molecular flexibility index (Phi) is 3.44. The van der Waals surface area contributed by atoms with Crippen LogP contribution in [0, 0.1) is 0 Å². The standard InChI is InChI=1S/C13H15N3O4/c1-13(2,3)20-10(17)7-16-5-4-8-11(16)14-6-9(15-8)12(18)19/h4-6H,7H2,1-3H3,(H,18,19). The molecule has 0 amide bonds. The monoisotopic (exact) mass is 277 g/mol. The third kappa shape index (κ3) is 3.11. The van der Waals surface area contributed by atoms with E-state index in [1.54, 1.807) is 37.6 Å². The zero-order chi connectivity index (χ0) is 14.9. The van der Waals surface area contributed by atoms with E-state index in [4.69, 9.17) is 9.84 Å². The number of rotatable bonds is 3. The number of hydrogen-bond acceptors (Lipinski definition) is 5. The minimum atomic E-state index is -1.14. The van der Waals surface area contributed by atoms with Gasteiger partial charge in [0.05, 0.1) is 6.20 Å². The van der Waals surface area contributed by atoms with Gasteiger partial charge in [0, 0.05) is 6.20 Å². The van der Waals surface area contributed by atoms with E-state index < -0.39 is 11.6 Å². The lowest BCUT2D eigenvalue weighted by Gasteiger charge is -2.19. The molecule has 20 heavy (non-hydrogen) atoms. The molecule has 0 atom stereocenters. The lowest BCUT2D eigenvalue weighted by atomic mass is 10.2. The smallest absolute Gasteiger partial charge is 0.356 e. The van der Waals surface area contributed by atoms with Crippen molar-refractivity contribution in [3.8, 4) is 0 Å². The van der Waals surface area contributed by atoms with Crippen molar-refractivity contribution in [2.24, 2.45) is 0 Å². The first kappa shape index (κ1) is 14.0. The van der Waals surface area contributed by atoms with Gasteiger partial charge < -0.3 is 14.4 Å². The summed E-state index contributed by atoms with van der Waals surface area (Å²) in [6.07, 6.45) is 2.79. The molecule has 0 saturated carbocycles. The molecule has 1 N–H and O–H groups in total. The summed E-state index contributed by atoms with van der Waals surface area (Å²) in [7, 11) is 0. The molecule has 2 aromatic rings. The molecule has 0 saturated heterocycles. The zero-order valence-corrected chi connectivity index (χ0v) is 11.5. The second-order valence-corrected chi connectivity index (χ2v) is 5.30. The number of aromatic carboxylic acids is 1. The van der Waals surface area contributed by atoms with Crippen LogP contribution in [0.3, 0.4) is 0 Å². The number of carboxylic acid groups (broad SMARTS) is 1. The first-order valence-corrected chi connectivity index (χ1v) is 6.03. The first-order valence-electron chi connectivity index (χ1n) is 6.03. The summed E-state index contributed by atoms with van der Waals surface area (Å²) < 4.78 is 6.79. The molecule has 0 aromatic carbocycles. The molecule has 7 nitrogen and oxygen atoms in total. The Morgan fingerprint density at radius 2 is 2.10 bits per heavy atom. The zero-order valence-electron chi connectivity index (χ0n) is 11.5. The molecule has 0 bridgehead atoms. The van der Waals surface area contributed by atoms with Crippen LogP contribution in [0.1, 0.15) is 31.3 Å². The Bertz CT molecular complexity index is 670. The van der Waals surface area contributed by atoms with Gasteiger partial charge in [0.15, 0.2) is 11.3 Å². The topological polar surface area (TPSA) is 94.3 Å². The van der Waals surface area contributed by atoms with Crippen molar-refractivity contribution in [3.63, 3.8) is 0 Å². The highest BCUT2D eigenvalue weighted by Crippen LogP contribution is 2.13. The number of carbonyl (C=O) groups is 2. The lowest BCUT2D eigenvalue weighted by Crippen LogP contribution is -2.26. The number of carbonyl (C=O) groups excluding carboxylic acids is 1. The Hall–Kier alpha value is -2.44. The number of esters is 1. The normalized spacial score (nSPS) is 11.6. The maximum atomic E-state index is 11.8. The van der Waals surface area contributed by atoms with E-state index in [0.717, 1.165) is 6.20 Å². The first-order chi connectivity index (χ1) is 9.26. The van der Waals surface area contributed by atoms with Gasteiger partial charge in [-0.25, -0.2) is 14.8 Å². The third-order valence-electron chi connectivity index (χ3n) is 2.40. The molecule has 0 aliphatic carbocycles. The highest BCUT2D eigenvalue weighted by atomic mass is 16.6. The van der Waals surface area contributed by atoms with E-state index in [9.17, 15) is 9.59 Å². The van der Waals surface area contributed by atoms with Crippen LogP contribution in [-0.2, 0) is 16.1 Å². The Labute approximate surface area is 115 Å². The maximum absolute atomic E-state index is 11.8. The fourth-order valence-electron chi connectivity index (χ4n) is 1.70. The molecule has 106 valence electrons. The molecular formula is C13H15N3O4. The van der Waals surface area contributed by atoms with Gasteiger partial charge in [-0.2, -0.15) is 0 Å². The van der Waals surface area contributed by atoms with Crippen molar-refractivity contribution in [1.29, 1.82) is 0 Å². The van der Waals surface area contributed by atoms with E-state index in [-0.39, 0.29) is 18.2 Å². The van der Waals surface area contributed by atoms with Crippen molar-refractivity contribution in [2.75, 3.05) is 0 Å². The van der Waals surface area contributed by atoms with Gasteiger partial charge in [0.1, 0.15) is 17.7 Å². The van der Waals surface area contributed by atoms with E-state index in [1.807, 2.05) is 0 Å². The molecule has 0 fully saturated rings. The predicted octanol–water partition coefficient (Wildman–Crippen LogP) is 1.47. The van der Waals surface area contributed by atoms with Crippen LogP contribution in [0.25, 0.3) is 11.2 Å². The van der Waals surface area contributed by atoms with Gasteiger partial charge in [-0.1, -0.05) is 0 Å². The van der Waals surface area contributed by atoms with Crippen LogP contribution in [0.2, 0.25) is 0 Å². The average Bonchev–Trinajstić information content (AvgIpc) is 2.69. The molecule has 0 aliphatic rings. The molecular weight excluding hydrogens is 262 g/mol. The van der Waals surface area contributed by atoms with Crippen molar-refractivity contribution < 1.29 is 19.4 Å². The summed E-state index contributed by atoms with van der Waals surface area (Å²) in [6, 6.07) is 1.61. The Morgan fingerprint density at radius 3 is 2.70 bits per heavy atom. The van der Waals surface area contributed by atoms with E-state index >= 15 is 0 Å². The number of fused-ring (bicyclic) bond motifs is 1. The predicted molar refractivity (Wildman–Crippen MR) is 70.3 cm³/mol. The highest BCUT2D eigenvalue weighted by Gasteiger charge is 2.18. The summed E-state index contributed by atoms with van der Waals surface area (Å²) >= 11 is 0. The molecule has 0 radical (unpaired) electrons. The van der Waals surface area contributed by atoms with Crippen molar-refractivity contribution in [1.82, 2.24) is 14.5 Å². The highest BCUT2D eigenvalue weighted by molar-refractivity contribution is 5.87. The quantitative estimate of drug-likeness (QED) is 0.854. The number of aromatic nitrogens is 3. The van der Waals surface area contributed by atoms with Crippen LogP contribution in [-0.4, -0.2) is 37.2 Å². The number of carboxylic acids is 1. The summed E-state index contributed by atoms with van der Waals surface area (Å²) in [5.74, 6) is -1.53. The van der Waals surface area contributed by atoms with Gasteiger partial charge in [0.25, 0.3) is 0 Å². The SMILES string of the molecule is CC(C)(C)OC(=O)Cn1ccc2nc(C(=O)O)cnc21. The van der Waals surface area contributed by atoms with E-state index in [2.05, 4.69) is 9.97 Å². The van der Waals surface area contributed by atoms with Gasteiger partial charge in [-0.15, -0.1) is 0 Å². The van der Waals surface area contributed by atoms with Crippen molar-refractivity contribution >= 4 is 23.1 Å². The Balaban J connectivity index is 2.24. The number of nitrogens with zero attached hydrogens (tertiary/aromatic N) is 3. The van der Waals surface area contributed by atoms with Gasteiger partial charge in [0.2, 0.25) is 0 Å². The van der Waals surface area contributed by atoms with Crippen molar-refractivity contribution in [2.45, 2.75) is 32.9 Å². The summed E-state index contributed by atoms with van der Waals surface area (Å²) in [4.78, 5) is 30.5. The molecule has 2 heterocycles. The molecule has 0 unspecified atom stereocenters. The number of ether oxygens (including phenoxy) is 1. The Morgan fingerprint density at radius 1 is 1.40 bits per heavy atom. The van der Waals surface area contributed by atoms with Crippen LogP contribution in [0.4, 0.5) is 0 Å². The summed E-state index contributed by atoms with van der Waals surface area (Å²) in [5.41, 5.74) is 0.184. The third-order valence-corrected chi connectivity index (χ3v) is 2.40. The minimum absolute atomic E-state index is 0.00185. The average molecular weight is 277 g/mol. The fourth-order valence-corrected chi connectivity index (χ4v) is 1.70. The molecule has 7 heteroatoms. The minimum Gasteiger partial charge on any atom is -0.476 e. The second kappa shape index (κ2) is 4.92. The summed E-state index contributed by atoms with van der Waals surface area (Å²) in [5, 5.41) is 8.84. The molecule has 0 spiro atoms. The molecule has 2 rings (SSSR count). The summed E-state index contributed by atoms with van der Waals surface area (Å²) in [6.45, 7) is 5.37. The van der Waals surface area contributed by atoms with Crippen molar-refractivity contribution in [3.05, 3.63) is 24.2 Å².